The minimum atomic E-state index is -0.188. The van der Waals surface area contributed by atoms with Crippen molar-refractivity contribution in [1.29, 1.82) is 0 Å². The van der Waals surface area contributed by atoms with Crippen LogP contribution in [0.4, 0.5) is 5.69 Å². The monoisotopic (exact) mass is 342 g/mol. The molecular formula is C13H19BrN4O2. The van der Waals surface area contributed by atoms with Gasteiger partial charge in [0, 0.05) is 42.4 Å². The molecule has 1 aromatic rings. The van der Waals surface area contributed by atoms with Crippen LogP contribution in [0.15, 0.2) is 16.6 Å². The number of carbonyl (C=O) groups is 1. The van der Waals surface area contributed by atoms with Gasteiger partial charge in [0.1, 0.15) is 5.75 Å². The molecule has 0 aromatic heterocycles. The number of ether oxygens (including phenoxy) is 1. The van der Waals surface area contributed by atoms with Crippen LogP contribution in [0.3, 0.4) is 0 Å². The van der Waals surface area contributed by atoms with Crippen molar-refractivity contribution in [2.75, 3.05) is 46.1 Å². The Morgan fingerprint density at radius 1 is 1.35 bits per heavy atom. The fraction of sp³-hybridized carbons (Fsp3) is 0.462. The van der Waals surface area contributed by atoms with Crippen molar-refractivity contribution in [3.8, 4) is 5.75 Å². The van der Waals surface area contributed by atoms with Crippen LogP contribution in [0.25, 0.3) is 0 Å². The zero-order valence-corrected chi connectivity index (χ0v) is 13.2. The lowest BCUT2D eigenvalue weighted by Gasteiger charge is -2.32. The Labute approximate surface area is 127 Å². The molecule has 0 aliphatic carbocycles. The summed E-state index contributed by atoms with van der Waals surface area (Å²) in [6, 6.07) is 3.32. The van der Waals surface area contributed by atoms with Crippen LogP contribution < -0.4 is 15.9 Å². The van der Waals surface area contributed by atoms with Crippen LogP contribution in [0.2, 0.25) is 0 Å². The molecule has 0 atom stereocenters. The van der Waals surface area contributed by atoms with Crippen LogP contribution in [0.1, 0.15) is 10.4 Å². The van der Waals surface area contributed by atoms with Gasteiger partial charge in [-0.1, -0.05) is 0 Å². The third kappa shape index (κ3) is 3.41. The summed E-state index contributed by atoms with van der Waals surface area (Å²) >= 11 is 3.33. The summed E-state index contributed by atoms with van der Waals surface area (Å²) in [5, 5.41) is 1.92. The Balaban J connectivity index is 2.11. The molecule has 1 aromatic carbocycles. The van der Waals surface area contributed by atoms with Gasteiger partial charge in [-0.25, -0.2) is 5.01 Å². The average Bonchev–Trinajstić information content (AvgIpc) is 2.43. The molecule has 1 amide bonds. The highest BCUT2D eigenvalue weighted by Crippen LogP contribution is 2.29. The summed E-state index contributed by atoms with van der Waals surface area (Å²) in [5.41, 5.74) is 9.70. The van der Waals surface area contributed by atoms with Crippen LogP contribution in [0, 0.1) is 0 Å². The number of benzene rings is 1. The van der Waals surface area contributed by atoms with Crippen LogP contribution in [-0.2, 0) is 0 Å². The molecule has 110 valence electrons. The molecule has 0 spiro atoms. The number of nitrogen functional groups attached to an aromatic ring is 1. The highest BCUT2D eigenvalue weighted by molar-refractivity contribution is 9.10. The quantitative estimate of drug-likeness (QED) is 0.799. The van der Waals surface area contributed by atoms with E-state index in [0.717, 1.165) is 26.2 Å². The van der Waals surface area contributed by atoms with E-state index in [1.54, 1.807) is 12.1 Å². The van der Waals surface area contributed by atoms with Gasteiger partial charge in [-0.15, -0.1) is 0 Å². The Morgan fingerprint density at radius 3 is 2.60 bits per heavy atom. The second-order valence-corrected chi connectivity index (χ2v) is 5.66. The Hall–Kier alpha value is -1.31. The van der Waals surface area contributed by atoms with Crippen LogP contribution >= 0.6 is 15.9 Å². The molecule has 2 rings (SSSR count). The highest BCUT2D eigenvalue weighted by Gasteiger charge is 2.19. The first-order valence-corrected chi connectivity index (χ1v) is 7.18. The lowest BCUT2D eigenvalue weighted by molar-refractivity contribution is 0.0660. The number of piperazine rings is 1. The third-order valence-corrected chi connectivity index (χ3v) is 4.01. The topological polar surface area (TPSA) is 70.8 Å². The number of nitrogens with one attached hydrogen (secondary N) is 1. The molecule has 1 heterocycles. The van der Waals surface area contributed by atoms with Crippen molar-refractivity contribution in [1.82, 2.24) is 15.3 Å². The maximum atomic E-state index is 12.3. The van der Waals surface area contributed by atoms with Crippen LogP contribution in [-0.4, -0.2) is 56.2 Å². The van der Waals surface area contributed by atoms with E-state index >= 15 is 0 Å². The van der Waals surface area contributed by atoms with Crippen molar-refractivity contribution in [3.63, 3.8) is 0 Å². The zero-order valence-electron chi connectivity index (χ0n) is 11.6. The largest absolute Gasteiger partial charge is 0.496 e. The van der Waals surface area contributed by atoms with Gasteiger partial charge in [-0.05, 0) is 29.0 Å². The van der Waals surface area contributed by atoms with E-state index in [4.69, 9.17) is 10.5 Å². The molecule has 1 saturated heterocycles. The molecule has 1 fully saturated rings. The van der Waals surface area contributed by atoms with E-state index < -0.39 is 0 Å². The summed E-state index contributed by atoms with van der Waals surface area (Å²) in [6.45, 7) is 3.48. The van der Waals surface area contributed by atoms with Crippen molar-refractivity contribution >= 4 is 27.5 Å². The molecule has 1 aliphatic heterocycles. The van der Waals surface area contributed by atoms with Gasteiger partial charge in [0.2, 0.25) is 0 Å². The maximum absolute atomic E-state index is 12.3. The number of carbonyl (C=O) groups excluding carboxylic acids is 1. The lowest BCUT2D eigenvalue weighted by Crippen LogP contribution is -2.52. The molecule has 0 bridgehead atoms. The first-order valence-electron chi connectivity index (χ1n) is 6.38. The van der Waals surface area contributed by atoms with Gasteiger partial charge in [-0.3, -0.25) is 10.2 Å². The molecule has 7 heteroatoms. The Morgan fingerprint density at radius 2 is 2.00 bits per heavy atom. The maximum Gasteiger partial charge on any atom is 0.269 e. The third-order valence-electron chi connectivity index (χ3n) is 3.33. The number of hydrogen-bond acceptors (Lipinski definition) is 5. The summed E-state index contributed by atoms with van der Waals surface area (Å²) in [7, 11) is 3.59. The van der Waals surface area contributed by atoms with E-state index in [2.05, 4.69) is 33.3 Å². The fourth-order valence-corrected chi connectivity index (χ4v) is 2.38. The first kappa shape index (κ1) is 15.1. The highest BCUT2D eigenvalue weighted by atomic mass is 79.9. The molecule has 20 heavy (non-hydrogen) atoms. The van der Waals surface area contributed by atoms with Crippen LogP contribution in [0.5, 0.6) is 5.75 Å². The Bertz CT molecular complexity index is 501. The van der Waals surface area contributed by atoms with Gasteiger partial charge in [-0.2, -0.15) is 0 Å². The second kappa shape index (κ2) is 6.43. The standard InChI is InChI=1S/C13H19BrN4O2/c1-17-3-5-18(6-4-17)16-13(19)9-7-10(14)11(15)8-12(9)20-2/h7-8H,3-6,15H2,1-2H3,(H,16,19). The van der Waals surface area contributed by atoms with Gasteiger partial charge in [0.05, 0.1) is 12.7 Å². The summed E-state index contributed by atoms with van der Waals surface area (Å²) in [4.78, 5) is 14.6. The number of anilines is 1. The first-order chi connectivity index (χ1) is 9.51. The van der Waals surface area contributed by atoms with Crippen molar-refractivity contribution < 1.29 is 9.53 Å². The number of hydrazine groups is 1. The normalized spacial score (nSPS) is 16.9. The molecule has 0 unspecified atom stereocenters. The lowest BCUT2D eigenvalue weighted by atomic mass is 10.1. The number of rotatable bonds is 3. The minimum absolute atomic E-state index is 0.188. The smallest absolute Gasteiger partial charge is 0.269 e. The molecule has 3 N–H and O–H groups in total. The number of methoxy groups -OCH3 is 1. The molecule has 6 nitrogen and oxygen atoms in total. The average molecular weight is 343 g/mol. The number of halogens is 1. The SMILES string of the molecule is COc1cc(N)c(Br)cc1C(=O)NN1CCN(C)CC1. The number of likely N-dealkylation sites (N-methyl/N-ethyl adjacent to an activating group) is 1. The minimum Gasteiger partial charge on any atom is -0.496 e. The van der Waals surface area contributed by atoms with Crippen molar-refractivity contribution in [3.05, 3.63) is 22.2 Å². The molecular weight excluding hydrogens is 324 g/mol. The summed E-state index contributed by atoms with van der Waals surface area (Å²) in [6.07, 6.45) is 0. The number of nitrogens with two attached hydrogens (primary N) is 1. The van der Waals surface area contributed by atoms with Gasteiger partial charge in [0.15, 0.2) is 0 Å². The number of amides is 1. The van der Waals surface area contributed by atoms with E-state index in [0.29, 0.717) is 21.5 Å². The van der Waals surface area contributed by atoms with Crippen molar-refractivity contribution in [2.45, 2.75) is 0 Å². The Kier molecular flexibility index (Phi) is 4.85. The predicted octanol–water partition coefficient (Wildman–Crippen LogP) is 0.932. The second-order valence-electron chi connectivity index (χ2n) is 4.81. The van der Waals surface area contributed by atoms with E-state index in [1.807, 2.05) is 5.01 Å². The van der Waals surface area contributed by atoms with E-state index in [9.17, 15) is 4.79 Å². The fourth-order valence-electron chi connectivity index (χ4n) is 2.04. The van der Waals surface area contributed by atoms with E-state index in [1.165, 1.54) is 7.11 Å². The van der Waals surface area contributed by atoms with Gasteiger partial charge >= 0.3 is 0 Å². The molecule has 0 radical (unpaired) electrons. The number of nitrogens with zero attached hydrogens (tertiary/aromatic N) is 2. The van der Waals surface area contributed by atoms with Gasteiger partial charge in [0.25, 0.3) is 5.91 Å². The van der Waals surface area contributed by atoms with Crippen molar-refractivity contribution in [2.24, 2.45) is 0 Å². The summed E-state index contributed by atoms with van der Waals surface area (Å²) in [5.74, 6) is 0.282. The molecule has 0 saturated carbocycles. The van der Waals surface area contributed by atoms with Gasteiger partial charge < -0.3 is 15.4 Å². The number of hydrogen-bond donors (Lipinski definition) is 2. The predicted molar refractivity (Wildman–Crippen MR) is 81.6 cm³/mol. The van der Waals surface area contributed by atoms with E-state index in [-0.39, 0.29) is 5.91 Å². The molecule has 1 aliphatic rings. The zero-order chi connectivity index (χ0) is 14.7. The summed E-state index contributed by atoms with van der Waals surface area (Å²) < 4.78 is 5.90.